The lowest BCUT2D eigenvalue weighted by atomic mass is 10.3. The van der Waals surface area contributed by atoms with Crippen LogP contribution in [0.4, 0.5) is 5.13 Å². The van der Waals surface area contributed by atoms with Gasteiger partial charge in [0.1, 0.15) is 4.88 Å². The number of hydrogen-bond acceptors (Lipinski definition) is 6. The van der Waals surface area contributed by atoms with Crippen molar-refractivity contribution in [2.45, 2.75) is 13.1 Å². The standard InChI is InChI=1S/C12H15N3O2S2/c1-15(2)12-14-6-9(19-12)5-13-4-8-3-10(11(16)17)18-7-8/h3,6-7,13H,4-5H2,1-2H3,(H,16,17). The molecule has 102 valence electrons. The summed E-state index contributed by atoms with van der Waals surface area (Å²) in [5.74, 6) is -0.866. The van der Waals surface area contributed by atoms with E-state index < -0.39 is 5.97 Å². The topological polar surface area (TPSA) is 65.5 Å². The molecule has 0 fully saturated rings. The third-order valence-electron chi connectivity index (χ3n) is 2.42. The first-order valence-corrected chi connectivity index (χ1v) is 7.39. The predicted octanol–water partition coefficient (Wildman–Crippen LogP) is 2.26. The van der Waals surface area contributed by atoms with Gasteiger partial charge in [0.05, 0.1) is 0 Å². The molecule has 0 amide bonds. The molecule has 2 rings (SSSR count). The lowest BCUT2D eigenvalue weighted by molar-refractivity contribution is 0.0702. The van der Waals surface area contributed by atoms with Crippen LogP contribution in [0, 0.1) is 0 Å². The van der Waals surface area contributed by atoms with Crippen LogP contribution in [0.25, 0.3) is 0 Å². The van der Waals surface area contributed by atoms with Gasteiger partial charge in [-0.2, -0.15) is 0 Å². The SMILES string of the molecule is CN(C)c1ncc(CNCc2csc(C(=O)O)c2)s1. The molecule has 0 unspecified atom stereocenters. The van der Waals surface area contributed by atoms with E-state index in [4.69, 9.17) is 5.11 Å². The largest absolute Gasteiger partial charge is 0.477 e. The van der Waals surface area contributed by atoms with Crippen molar-refractivity contribution in [2.24, 2.45) is 0 Å². The average molecular weight is 297 g/mol. The molecule has 2 aromatic rings. The zero-order valence-corrected chi connectivity index (χ0v) is 12.3. The first kappa shape index (κ1) is 14.0. The number of thiazole rings is 1. The van der Waals surface area contributed by atoms with Gasteiger partial charge in [0.15, 0.2) is 5.13 Å². The minimum atomic E-state index is -0.866. The van der Waals surface area contributed by atoms with Crippen molar-refractivity contribution >= 4 is 33.8 Å². The Morgan fingerprint density at radius 3 is 2.84 bits per heavy atom. The molecule has 0 aliphatic carbocycles. The summed E-state index contributed by atoms with van der Waals surface area (Å²) >= 11 is 2.90. The van der Waals surface area contributed by atoms with Crippen LogP contribution in [0.3, 0.4) is 0 Å². The van der Waals surface area contributed by atoms with E-state index in [2.05, 4.69) is 10.3 Å². The second-order valence-corrected chi connectivity index (χ2v) is 6.24. The van der Waals surface area contributed by atoms with Crippen molar-refractivity contribution < 1.29 is 9.90 Å². The zero-order valence-electron chi connectivity index (χ0n) is 10.7. The summed E-state index contributed by atoms with van der Waals surface area (Å²) in [5, 5.41) is 15.0. The van der Waals surface area contributed by atoms with Gasteiger partial charge in [-0.3, -0.25) is 0 Å². The molecular formula is C12H15N3O2S2. The fourth-order valence-electron chi connectivity index (χ4n) is 1.50. The third kappa shape index (κ3) is 3.76. The van der Waals surface area contributed by atoms with Gasteiger partial charge in [-0.15, -0.1) is 22.7 Å². The number of nitrogens with zero attached hydrogens (tertiary/aromatic N) is 2. The molecule has 0 spiro atoms. The second kappa shape index (κ2) is 6.14. The number of thiophene rings is 1. The van der Waals surface area contributed by atoms with Crippen molar-refractivity contribution in [1.29, 1.82) is 0 Å². The zero-order chi connectivity index (χ0) is 13.8. The van der Waals surface area contributed by atoms with Crippen LogP contribution in [-0.4, -0.2) is 30.2 Å². The van der Waals surface area contributed by atoms with Gasteiger partial charge >= 0.3 is 5.97 Å². The van der Waals surface area contributed by atoms with Crippen molar-refractivity contribution in [3.63, 3.8) is 0 Å². The summed E-state index contributed by atoms with van der Waals surface area (Å²) in [6.45, 7) is 1.41. The number of aromatic nitrogens is 1. The Kier molecular flexibility index (Phi) is 4.52. The highest BCUT2D eigenvalue weighted by Crippen LogP contribution is 2.20. The summed E-state index contributed by atoms with van der Waals surface area (Å²) in [5.41, 5.74) is 1.000. The van der Waals surface area contributed by atoms with Crippen molar-refractivity contribution in [3.05, 3.63) is 33.0 Å². The van der Waals surface area contributed by atoms with Gasteiger partial charge in [0.2, 0.25) is 0 Å². The van der Waals surface area contributed by atoms with Gasteiger partial charge < -0.3 is 15.3 Å². The number of anilines is 1. The number of carboxylic acid groups (broad SMARTS) is 1. The molecule has 0 radical (unpaired) electrons. The van der Waals surface area contributed by atoms with Crippen LogP contribution in [0.5, 0.6) is 0 Å². The second-order valence-electron chi connectivity index (χ2n) is 4.23. The molecule has 0 atom stereocenters. The quantitative estimate of drug-likeness (QED) is 0.856. The Labute approximate surface area is 119 Å². The predicted molar refractivity (Wildman–Crippen MR) is 78.3 cm³/mol. The van der Waals surface area contributed by atoms with Crippen LogP contribution in [-0.2, 0) is 13.1 Å². The van der Waals surface area contributed by atoms with Gasteiger partial charge in [-0.25, -0.2) is 9.78 Å². The smallest absolute Gasteiger partial charge is 0.345 e. The number of rotatable bonds is 6. The van der Waals surface area contributed by atoms with Crippen molar-refractivity contribution in [3.8, 4) is 0 Å². The number of nitrogens with one attached hydrogen (secondary N) is 1. The molecule has 0 bridgehead atoms. The third-order valence-corrected chi connectivity index (χ3v) is 4.55. The number of aromatic carboxylic acids is 1. The average Bonchev–Trinajstić information content (AvgIpc) is 2.97. The van der Waals surface area contributed by atoms with E-state index in [1.54, 1.807) is 17.4 Å². The van der Waals surface area contributed by atoms with E-state index in [1.807, 2.05) is 30.6 Å². The molecule has 2 aromatic heterocycles. The van der Waals surface area contributed by atoms with Gasteiger partial charge in [-0.05, 0) is 17.0 Å². The van der Waals surface area contributed by atoms with Gasteiger partial charge in [-0.1, -0.05) is 0 Å². The Balaban J connectivity index is 1.83. The van der Waals surface area contributed by atoms with Gasteiger partial charge in [0, 0.05) is 38.3 Å². The maximum Gasteiger partial charge on any atom is 0.345 e. The highest BCUT2D eigenvalue weighted by atomic mass is 32.1. The summed E-state index contributed by atoms with van der Waals surface area (Å²) in [4.78, 5) is 18.6. The fourth-order valence-corrected chi connectivity index (χ4v) is 3.05. The van der Waals surface area contributed by atoms with E-state index >= 15 is 0 Å². The van der Waals surface area contributed by atoms with Crippen molar-refractivity contribution in [1.82, 2.24) is 10.3 Å². The molecule has 7 heteroatoms. The molecule has 0 aliphatic rings. The number of carbonyl (C=O) groups is 1. The Hall–Kier alpha value is -1.44. The van der Waals surface area contributed by atoms with Gasteiger partial charge in [0.25, 0.3) is 0 Å². The first-order valence-electron chi connectivity index (χ1n) is 5.69. The van der Waals surface area contributed by atoms with E-state index in [1.165, 1.54) is 11.3 Å². The molecule has 0 aromatic carbocycles. The monoisotopic (exact) mass is 297 g/mol. The summed E-state index contributed by atoms with van der Waals surface area (Å²) in [6, 6.07) is 1.71. The molecule has 0 aliphatic heterocycles. The highest BCUT2D eigenvalue weighted by molar-refractivity contribution is 7.15. The summed E-state index contributed by atoms with van der Waals surface area (Å²) in [6.07, 6.45) is 1.86. The number of carboxylic acids is 1. The van der Waals surface area contributed by atoms with Crippen LogP contribution in [0.15, 0.2) is 17.6 Å². The fraction of sp³-hybridized carbons (Fsp3) is 0.333. The molecule has 5 nitrogen and oxygen atoms in total. The maximum atomic E-state index is 10.8. The first-order chi connectivity index (χ1) is 9.06. The number of hydrogen-bond donors (Lipinski definition) is 2. The molecule has 19 heavy (non-hydrogen) atoms. The minimum absolute atomic E-state index is 0.379. The lowest BCUT2D eigenvalue weighted by Crippen LogP contribution is -2.11. The van der Waals surface area contributed by atoms with Crippen molar-refractivity contribution in [2.75, 3.05) is 19.0 Å². The molecule has 0 saturated carbocycles. The summed E-state index contributed by atoms with van der Waals surface area (Å²) in [7, 11) is 3.93. The Morgan fingerprint density at radius 2 is 2.26 bits per heavy atom. The molecular weight excluding hydrogens is 282 g/mol. The molecule has 2 N–H and O–H groups in total. The Bertz CT molecular complexity index is 563. The minimum Gasteiger partial charge on any atom is -0.477 e. The van der Waals surface area contributed by atoms with E-state index in [-0.39, 0.29) is 0 Å². The molecule has 0 saturated heterocycles. The maximum absolute atomic E-state index is 10.8. The normalized spacial score (nSPS) is 10.6. The summed E-state index contributed by atoms with van der Waals surface area (Å²) < 4.78 is 0. The van der Waals surface area contributed by atoms with E-state index in [0.717, 1.165) is 22.1 Å². The Morgan fingerprint density at radius 1 is 1.47 bits per heavy atom. The van der Waals surface area contributed by atoms with Crippen LogP contribution in [0.2, 0.25) is 0 Å². The lowest BCUT2D eigenvalue weighted by Gasteiger charge is -2.05. The highest BCUT2D eigenvalue weighted by Gasteiger charge is 2.07. The van der Waals surface area contributed by atoms with Crippen LogP contribution < -0.4 is 10.2 Å². The van der Waals surface area contributed by atoms with Crippen LogP contribution >= 0.6 is 22.7 Å². The van der Waals surface area contributed by atoms with Crippen LogP contribution in [0.1, 0.15) is 20.1 Å². The van der Waals surface area contributed by atoms with E-state index in [9.17, 15) is 4.79 Å². The van der Waals surface area contributed by atoms with E-state index in [0.29, 0.717) is 11.4 Å². The molecule has 2 heterocycles.